The third-order valence-corrected chi connectivity index (χ3v) is 3.40. The monoisotopic (exact) mass is 323 g/mol. The van der Waals surface area contributed by atoms with Gasteiger partial charge in [0.05, 0.1) is 23.7 Å². The molecule has 0 aromatic heterocycles. The van der Waals surface area contributed by atoms with Gasteiger partial charge in [0.2, 0.25) is 0 Å². The highest BCUT2D eigenvalue weighted by molar-refractivity contribution is 5.74. The summed E-state index contributed by atoms with van der Waals surface area (Å²) < 4.78 is 11.0. The van der Waals surface area contributed by atoms with Crippen LogP contribution in [-0.4, -0.2) is 54.3 Å². The van der Waals surface area contributed by atoms with E-state index in [0.29, 0.717) is 32.0 Å². The summed E-state index contributed by atoms with van der Waals surface area (Å²) in [5.41, 5.74) is 0.0150. The van der Waals surface area contributed by atoms with Crippen LogP contribution in [0.25, 0.3) is 0 Å². The van der Waals surface area contributed by atoms with Gasteiger partial charge in [-0.2, -0.15) is 0 Å². The number of morpholine rings is 1. The van der Waals surface area contributed by atoms with E-state index in [4.69, 9.17) is 9.47 Å². The third kappa shape index (κ3) is 5.10. The number of carbonyl (C=O) groups excluding carboxylic acids is 1. The molecule has 0 saturated carbocycles. The number of amides is 2. The van der Waals surface area contributed by atoms with Crippen molar-refractivity contribution in [2.24, 2.45) is 0 Å². The Bertz CT molecular complexity index is 539. The minimum Gasteiger partial charge on any atom is -0.492 e. The zero-order chi connectivity index (χ0) is 16.8. The first-order valence-corrected chi connectivity index (χ1v) is 7.51. The lowest BCUT2D eigenvalue weighted by Crippen LogP contribution is -2.52. The summed E-state index contributed by atoms with van der Waals surface area (Å²) in [6.45, 7) is 5.66. The van der Waals surface area contributed by atoms with Gasteiger partial charge in [-0.1, -0.05) is 0 Å². The van der Waals surface area contributed by atoms with Gasteiger partial charge in [-0.25, -0.2) is 4.79 Å². The number of hydrogen-bond acceptors (Lipinski definition) is 5. The first kappa shape index (κ1) is 17.0. The van der Waals surface area contributed by atoms with E-state index in [1.54, 1.807) is 4.90 Å². The Hall–Kier alpha value is -2.35. The van der Waals surface area contributed by atoms with E-state index in [1.165, 1.54) is 24.3 Å². The fourth-order valence-corrected chi connectivity index (χ4v) is 2.45. The highest BCUT2D eigenvalue weighted by atomic mass is 16.6. The molecule has 1 N–H and O–H groups in total. The van der Waals surface area contributed by atoms with Crippen LogP contribution in [0.15, 0.2) is 24.3 Å². The van der Waals surface area contributed by atoms with Crippen LogP contribution < -0.4 is 10.1 Å². The molecule has 2 amide bonds. The second-order valence-electron chi connectivity index (χ2n) is 5.49. The Morgan fingerprint density at radius 3 is 2.52 bits per heavy atom. The second-order valence-corrected chi connectivity index (χ2v) is 5.49. The summed E-state index contributed by atoms with van der Waals surface area (Å²) in [5, 5.41) is 13.3. The van der Waals surface area contributed by atoms with Crippen molar-refractivity contribution in [1.29, 1.82) is 0 Å². The number of benzene rings is 1. The summed E-state index contributed by atoms with van der Waals surface area (Å²) in [5.74, 6) is 0.526. The van der Waals surface area contributed by atoms with Crippen molar-refractivity contribution in [1.82, 2.24) is 10.2 Å². The average molecular weight is 323 g/mol. The zero-order valence-electron chi connectivity index (χ0n) is 13.2. The number of nitrogens with zero attached hydrogens (tertiary/aromatic N) is 2. The lowest BCUT2D eigenvalue weighted by Gasteiger charge is -2.35. The van der Waals surface area contributed by atoms with Crippen molar-refractivity contribution in [2.45, 2.75) is 26.1 Å². The molecule has 126 valence electrons. The van der Waals surface area contributed by atoms with Gasteiger partial charge in [0.25, 0.3) is 5.69 Å². The van der Waals surface area contributed by atoms with Crippen molar-refractivity contribution in [3.05, 3.63) is 34.4 Å². The number of nitro benzene ring substituents is 1. The maximum Gasteiger partial charge on any atom is 0.317 e. The number of ether oxygens (including phenoxy) is 2. The molecule has 1 aromatic carbocycles. The maximum atomic E-state index is 12.0. The van der Waals surface area contributed by atoms with Crippen LogP contribution in [0.1, 0.15) is 13.8 Å². The molecule has 1 fully saturated rings. The van der Waals surface area contributed by atoms with Gasteiger partial charge in [0.1, 0.15) is 12.4 Å². The molecule has 0 aliphatic carbocycles. The molecule has 2 unspecified atom stereocenters. The number of nitrogens with one attached hydrogen (secondary N) is 1. The molecule has 2 atom stereocenters. The Morgan fingerprint density at radius 2 is 1.96 bits per heavy atom. The van der Waals surface area contributed by atoms with Crippen molar-refractivity contribution >= 4 is 11.7 Å². The average Bonchev–Trinajstić information content (AvgIpc) is 2.50. The van der Waals surface area contributed by atoms with Crippen LogP contribution in [0.4, 0.5) is 10.5 Å². The fraction of sp³-hybridized carbons (Fsp3) is 0.533. The third-order valence-electron chi connectivity index (χ3n) is 3.40. The van der Waals surface area contributed by atoms with Gasteiger partial charge >= 0.3 is 6.03 Å². The first-order valence-electron chi connectivity index (χ1n) is 7.51. The Morgan fingerprint density at radius 1 is 1.35 bits per heavy atom. The van der Waals surface area contributed by atoms with Gasteiger partial charge in [0.15, 0.2) is 0 Å². The standard InChI is InChI=1S/C15H21N3O5/c1-11-9-17(10-12(2)23-11)15(19)16-7-8-22-14-5-3-13(4-6-14)18(20)21/h3-6,11-12H,7-10H2,1-2H3,(H,16,19). The molecule has 8 heteroatoms. The van der Waals surface area contributed by atoms with Crippen LogP contribution in [-0.2, 0) is 4.74 Å². The molecule has 1 heterocycles. The molecule has 8 nitrogen and oxygen atoms in total. The highest BCUT2D eigenvalue weighted by Gasteiger charge is 2.25. The number of nitro groups is 1. The van der Waals surface area contributed by atoms with Gasteiger partial charge in [0, 0.05) is 25.2 Å². The lowest BCUT2D eigenvalue weighted by molar-refractivity contribution is -0.384. The van der Waals surface area contributed by atoms with E-state index >= 15 is 0 Å². The quantitative estimate of drug-likeness (QED) is 0.506. The fourth-order valence-electron chi connectivity index (χ4n) is 2.45. The van der Waals surface area contributed by atoms with E-state index < -0.39 is 4.92 Å². The summed E-state index contributed by atoms with van der Waals surface area (Å²) in [6, 6.07) is 5.69. The van der Waals surface area contributed by atoms with E-state index in [9.17, 15) is 14.9 Å². The Labute approximate surface area is 134 Å². The first-order chi connectivity index (χ1) is 11.0. The van der Waals surface area contributed by atoms with Crippen LogP contribution in [0.3, 0.4) is 0 Å². The van der Waals surface area contributed by atoms with Gasteiger partial charge in [-0.05, 0) is 26.0 Å². The van der Waals surface area contributed by atoms with Crippen molar-refractivity contribution < 1.29 is 19.2 Å². The van der Waals surface area contributed by atoms with Gasteiger partial charge < -0.3 is 19.7 Å². The minimum absolute atomic E-state index is 0.0150. The van der Waals surface area contributed by atoms with Gasteiger partial charge in [-0.15, -0.1) is 0 Å². The Balaban J connectivity index is 1.70. The molecule has 1 aliphatic heterocycles. The number of urea groups is 1. The molecule has 0 bridgehead atoms. The van der Waals surface area contributed by atoms with E-state index in [2.05, 4.69) is 5.32 Å². The van der Waals surface area contributed by atoms with Crippen molar-refractivity contribution in [3.8, 4) is 5.75 Å². The number of rotatable bonds is 5. The minimum atomic E-state index is -0.464. The summed E-state index contributed by atoms with van der Waals surface area (Å²) in [4.78, 5) is 23.9. The predicted molar refractivity (Wildman–Crippen MR) is 83.6 cm³/mol. The highest BCUT2D eigenvalue weighted by Crippen LogP contribution is 2.17. The molecule has 1 aliphatic rings. The van der Waals surface area contributed by atoms with Crippen LogP contribution >= 0.6 is 0 Å². The normalized spacial score (nSPS) is 20.9. The van der Waals surface area contributed by atoms with Crippen LogP contribution in [0.2, 0.25) is 0 Å². The van der Waals surface area contributed by atoms with Crippen molar-refractivity contribution in [2.75, 3.05) is 26.2 Å². The van der Waals surface area contributed by atoms with E-state index in [1.807, 2.05) is 13.8 Å². The summed E-state index contributed by atoms with van der Waals surface area (Å²) in [7, 11) is 0. The van der Waals surface area contributed by atoms with E-state index in [-0.39, 0.29) is 23.9 Å². The molecule has 23 heavy (non-hydrogen) atoms. The topological polar surface area (TPSA) is 93.9 Å². The molecule has 2 rings (SSSR count). The van der Waals surface area contributed by atoms with E-state index in [0.717, 1.165) is 0 Å². The Kier molecular flexibility index (Phi) is 5.75. The lowest BCUT2D eigenvalue weighted by atomic mass is 10.2. The van der Waals surface area contributed by atoms with Crippen molar-refractivity contribution in [3.63, 3.8) is 0 Å². The van der Waals surface area contributed by atoms with Crippen LogP contribution in [0.5, 0.6) is 5.75 Å². The zero-order valence-corrected chi connectivity index (χ0v) is 13.2. The molecule has 1 saturated heterocycles. The molecule has 0 radical (unpaired) electrons. The maximum absolute atomic E-state index is 12.0. The molecule has 1 aromatic rings. The molecular weight excluding hydrogens is 302 g/mol. The van der Waals surface area contributed by atoms with Crippen LogP contribution in [0, 0.1) is 10.1 Å². The smallest absolute Gasteiger partial charge is 0.317 e. The number of hydrogen-bond donors (Lipinski definition) is 1. The second kappa shape index (κ2) is 7.77. The molecule has 0 spiro atoms. The summed E-state index contributed by atoms with van der Waals surface area (Å²) >= 11 is 0. The van der Waals surface area contributed by atoms with Gasteiger partial charge in [-0.3, -0.25) is 10.1 Å². The number of non-ortho nitro benzene ring substituents is 1. The largest absolute Gasteiger partial charge is 0.492 e. The predicted octanol–water partition coefficient (Wildman–Crippen LogP) is 1.79. The SMILES string of the molecule is CC1CN(C(=O)NCCOc2ccc([N+](=O)[O-])cc2)CC(C)O1. The molecular formula is C15H21N3O5. The number of carbonyl (C=O) groups is 1. The summed E-state index contributed by atoms with van der Waals surface area (Å²) in [6.07, 6.45) is 0.0571.